The number of carbonyl (C=O) groups excluding carboxylic acids is 2. The van der Waals surface area contributed by atoms with E-state index >= 15 is 13.2 Å². The molecule has 7 saturated heterocycles. The second-order valence-electron chi connectivity index (χ2n) is 28.6. The Labute approximate surface area is 585 Å². The second-order valence-corrected chi connectivity index (χ2v) is 29.0. The van der Waals surface area contributed by atoms with Crippen LogP contribution >= 0.6 is 11.6 Å². The molecule has 522 valence electrons. The molecular weight excluding hydrogens is 1320 g/mol. The van der Waals surface area contributed by atoms with E-state index in [0.29, 0.717) is 130 Å². The van der Waals surface area contributed by atoms with Gasteiger partial charge in [-0.1, -0.05) is 66.2 Å². The third-order valence-corrected chi connectivity index (χ3v) is 22.5. The lowest BCUT2D eigenvalue weighted by atomic mass is 9.93. The minimum atomic E-state index is -0.986. The number of hydrogen-bond donors (Lipinski definition) is 1. The van der Waals surface area contributed by atoms with Gasteiger partial charge in [-0.15, -0.1) is 0 Å². The van der Waals surface area contributed by atoms with E-state index in [-0.39, 0.29) is 102 Å². The molecule has 0 radical (unpaired) electrons. The number of hydrogen-bond acceptors (Lipinski definition) is 17. The van der Waals surface area contributed by atoms with Crippen LogP contribution in [-0.2, 0) is 16.0 Å². The molecule has 2 amide bonds. The van der Waals surface area contributed by atoms with Crippen LogP contribution in [0.4, 0.5) is 33.6 Å². The smallest absolute Gasteiger partial charge is 0.319 e. The van der Waals surface area contributed by atoms with Crippen molar-refractivity contribution in [1.82, 2.24) is 64.4 Å². The summed E-state index contributed by atoms with van der Waals surface area (Å²) in [4.78, 5) is 77.1. The number of likely N-dealkylation sites (N-methyl/N-ethyl adjacent to an activating group) is 2. The quantitative estimate of drug-likeness (QED) is 0.0630. The molecule has 7 fully saturated rings. The van der Waals surface area contributed by atoms with Crippen molar-refractivity contribution in [2.24, 2.45) is 0 Å². The number of nitrogens with zero attached hydrogens (tertiary/aromatic N) is 14. The van der Waals surface area contributed by atoms with Gasteiger partial charge in [-0.3, -0.25) is 34.3 Å². The first-order valence-electron chi connectivity index (χ1n) is 35.0. The van der Waals surface area contributed by atoms with Gasteiger partial charge in [0.05, 0.1) is 27.5 Å². The van der Waals surface area contributed by atoms with Crippen LogP contribution in [0.5, 0.6) is 12.0 Å². The van der Waals surface area contributed by atoms with Crippen molar-refractivity contribution in [1.29, 1.82) is 0 Å². The third-order valence-electron chi connectivity index (χ3n) is 22.2. The lowest BCUT2D eigenvalue weighted by molar-refractivity contribution is -0.125. The van der Waals surface area contributed by atoms with Gasteiger partial charge in [0.25, 0.3) is 0 Å². The summed E-state index contributed by atoms with van der Waals surface area (Å²) in [5.74, 6) is -1.25. The van der Waals surface area contributed by atoms with Gasteiger partial charge in [0.1, 0.15) is 71.3 Å². The standard InChI is InChI=1S/C76H77ClF5N15O4/c1-43-62-46(12-6-13-55(62)67-66(82)70-58(36-84-67)72(91-74(89-70)101-42-76-24-9-26-97(76)38-49(79)34-76)93(4)54-22-29-95(40-54)61(99)19-17-53-21-27-92(53)3)30-47(64(43)80)31-52-32-50(85-44(2)86-52)16-18-60(98)94-28-20-51(39-94)87-71-57-35-83-68(56-14-5-10-45-11-7-15-59(77)63(45)56)65(81)69(57)88-73(90-71)100-41-75-23-8-25-96(75)37-48(78)33-75/h5-7,10-19,30,32,35-36,48-49,51,53-54H,8-9,20-29,31,33-34,37-42H2,1-4H3,(H,87,88,90)/b18-16+,19-17+/t48-,49-,51-,53+,54-,75+,76+/m1/s1. The van der Waals surface area contributed by atoms with Crippen LogP contribution in [0.3, 0.4) is 0 Å². The van der Waals surface area contributed by atoms with Crippen molar-refractivity contribution in [2.75, 3.05) is 96.4 Å². The van der Waals surface area contributed by atoms with Crippen molar-refractivity contribution in [2.45, 2.75) is 120 Å². The Kier molecular flexibility index (Phi) is 17.6. The van der Waals surface area contributed by atoms with Gasteiger partial charge in [0, 0.05) is 142 Å². The molecule has 0 saturated carbocycles. The van der Waals surface area contributed by atoms with Crippen LogP contribution in [0.15, 0.2) is 97.4 Å². The van der Waals surface area contributed by atoms with E-state index in [0.717, 1.165) is 57.1 Å². The van der Waals surface area contributed by atoms with Crippen LogP contribution in [-0.4, -0.2) is 204 Å². The van der Waals surface area contributed by atoms with Crippen LogP contribution in [0, 0.1) is 31.3 Å². The first-order valence-corrected chi connectivity index (χ1v) is 35.4. The van der Waals surface area contributed by atoms with Gasteiger partial charge < -0.3 is 29.5 Å². The number of aromatic nitrogens is 8. The zero-order valence-electron chi connectivity index (χ0n) is 56.7. The highest BCUT2D eigenvalue weighted by Crippen LogP contribution is 2.45. The zero-order valence-corrected chi connectivity index (χ0v) is 57.5. The Bertz CT molecular complexity index is 4870. The summed E-state index contributed by atoms with van der Waals surface area (Å²) in [6.07, 6.45) is 14.0. The normalized spacial score (nSPS) is 24.0. The maximum atomic E-state index is 17.8. The van der Waals surface area contributed by atoms with Gasteiger partial charge in [-0.05, 0) is 130 Å². The van der Waals surface area contributed by atoms with Crippen LogP contribution in [0.1, 0.15) is 86.1 Å². The SMILES string of the molecule is Cc1nc(/C=C/C(=O)N2CC[C@@H](Nc3nc(OC[C@@]45CCCN4C[C@H](F)C5)nc4c(F)c(-c5cccc6cccc(Cl)c56)ncc34)C2)cc(Cc2cc3cccc(-c4ncc5c(N(C)[C@@H]6CCN(C(=O)/C=C/[C@H]7CCN7C)C6)nc(OC[C@@]67CCCN6C[C@H](F)C7)nc5c4F)c3c(C)c2F)n1. The summed E-state index contributed by atoms with van der Waals surface area (Å²) >= 11 is 6.71. The fraction of sp³-hybridized carbons (Fsp3) is 0.421. The number of aryl methyl sites for hydroxylation is 2. The number of pyridine rings is 2. The van der Waals surface area contributed by atoms with E-state index in [1.165, 1.54) is 18.5 Å². The molecule has 1 N–H and O–H groups in total. The molecule has 0 unspecified atom stereocenters. The molecule has 9 aromatic rings. The number of fused-ring (bicyclic) bond motifs is 6. The van der Waals surface area contributed by atoms with Crippen LogP contribution in [0.25, 0.3) is 71.9 Å². The molecule has 101 heavy (non-hydrogen) atoms. The van der Waals surface area contributed by atoms with Crippen molar-refractivity contribution >= 4 is 84.5 Å². The number of halogens is 6. The van der Waals surface area contributed by atoms with Crippen molar-refractivity contribution in [3.05, 3.63) is 148 Å². The molecule has 0 aliphatic carbocycles. The molecule has 0 bridgehead atoms. The van der Waals surface area contributed by atoms with Gasteiger partial charge in [0.15, 0.2) is 11.6 Å². The number of carbonyl (C=O) groups is 2. The largest absolute Gasteiger partial charge is 0.461 e. The van der Waals surface area contributed by atoms with Crippen molar-refractivity contribution < 1.29 is 41.0 Å². The zero-order chi connectivity index (χ0) is 69.6. The number of nitrogens with one attached hydrogen (secondary N) is 1. The van der Waals surface area contributed by atoms with E-state index in [9.17, 15) is 18.4 Å². The average Bonchev–Trinajstić information content (AvgIpc) is 1.76. The van der Waals surface area contributed by atoms with Crippen LogP contribution < -0.4 is 19.7 Å². The van der Waals surface area contributed by atoms with Gasteiger partial charge >= 0.3 is 12.0 Å². The number of alkyl halides is 2. The predicted octanol–water partition coefficient (Wildman–Crippen LogP) is 12.0. The summed E-state index contributed by atoms with van der Waals surface area (Å²) in [5, 5.41) is 7.10. The minimum absolute atomic E-state index is 0.0226. The summed E-state index contributed by atoms with van der Waals surface area (Å²) in [5.41, 5.74) is 1.29. The van der Waals surface area contributed by atoms with E-state index in [2.05, 4.69) is 40.0 Å². The van der Waals surface area contributed by atoms with Crippen LogP contribution in [0.2, 0.25) is 5.02 Å². The highest BCUT2D eigenvalue weighted by Gasteiger charge is 2.51. The Morgan fingerprint density at radius 1 is 0.683 bits per heavy atom. The van der Waals surface area contributed by atoms with Gasteiger partial charge in [0.2, 0.25) is 11.8 Å². The summed E-state index contributed by atoms with van der Waals surface area (Å²) < 4.78 is 94.7. The minimum Gasteiger partial charge on any atom is -0.461 e. The van der Waals surface area contributed by atoms with E-state index in [1.54, 1.807) is 67.3 Å². The fourth-order valence-electron chi connectivity index (χ4n) is 16.8. The number of amides is 2. The van der Waals surface area contributed by atoms with E-state index in [4.69, 9.17) is 41.0 Å². The topological polar surface area (TPSA) is 187 Å². The molecule has 19 nitrogen and oxygen atoms in total. The summed E-state index contributed by atoms with van der Waals surface area (Å²) in [6.45, 7) is 8.43. The average molecular weight is 1390 g/mol. The van der Waals surface area contributed by atoms with Crippen molar-refractivity contribution in [3.8, 4) is 34.5 Å². The molecule has 7 atom stereocenters. The maximum Gasteiger partial charge on any atom is 0.319 e. The Balaban J connectivity index is 0.633. The molecule has 25 heteroatoms. The van der Waals surface area contributed by atoms with Gasteiger partial charge in [-0.2, -0.15) is 19.9 Å². The number of rotatable bonds is 18. The molecular formula is C76H77ClF5N15O4. The lowest BCUT2D eigenvalue weighted by Gasteiger charge is -2.35. The molecule has 4 aromatic carbocycles. The molecule has 12 heterocycles. The maximum absolute atomic E-state index is 17.8. The predicted molar refractivity (Wildman–Crippen MR) is 378 cm³/mol. The Morgan fingerprint density at radius 2 is 1.31 bits per heavy atom. The first kappa shape index (κ1) is 66.4. The lowest BCUT2D eigenvalue weighted by Crippen LogP contribution is -2.43. The fourth-order valence-corrected chi connectivity index (χ4v) is 17.1. The number of ether oxygens (including phenoxy) is 2. The third kappa shape index (κ3) is 12.5. The molecule has 16 rings (SSSR count). The monoisotopic (exact) mass is 1390 g/mol. The number of likely N-dealkylation sites (tertiary alicyclic amines) is 3. The van der Waals surface area contributed by atoms with E-state index < -0.39 is 40.9 Å². The highest BCUT2D eigenvalue weighted by molar-refractivity contribution is 6.36. The molecule has 0 spiro atoms. The number of benzene rings is 4. The van der Waals surface area contributed by atoms with E-state index in [1.807, 2.05) is 60.3 Å². The first-order chi connectivity index (χ1) is 48.8. The highest BCUT2D eigenvalue weighted by atomic mass is 35.5. The van der Waals surface area contributed by atoms with Gasteiger partial charge in [-0.25, -0.2) is 31.9 Å². The number of anilines is 2. The summed E-state index contributed by atoms with van der Waals surface area (Å²) in [6, 6.07) is 19.3. The van der Waals surface area contributed by atoms with Crippen molar-refractivity contribution in [3.63, 3.8) is 0 Å². The second kappa shape index (κ2) is 26.7. The molecule has 7 aliphatic rings. The summed E-state index contributed by atoms with van der Waals surface area (Å²) in [7, 11) is 3.90. The molecule has 7 aliphatic heterocycles. The Morgan fingerprint density at radius 3 is 1.99 bits per heavy atom. The molecule has 5 aromatic heterocycles. The Hall–Kier alpha value is -9.10.